The molecule has 1 aromatic rings. The maximum absolute atomic E-state index is 12.7. The van der Waals surface area contributed by atoms with Crippen LogP contribution in [0.5, 0.6) is 0 Å². The Balaban J connectivity index is 1.67. The second kappa shape index (κ2) is 4.07. The van der Waals surface area contributed by atoms with E-state index < -0.39 is 0 Å². The van der Waals surface area contributed by atoms with Gasteiger partial charge in [-0.2, -0.15) is 0 Å². The zero-order valence-electron chi connectivity index (χ0n) is 11.0. The molecule has 1 spiro atoms. The summed E-state index contributed by atoms with van der Waals surface area (Å²) in [6.07, 6.45) is 7.59. The highest BCUT2D eigenvalue weighted by Crippen LogP contribution is 2.49. The van der Waals surface area contributed by atoms with E-state index in [0.29, 0.717) is 0 Å². The van der Waals surface area contributed by atoms with Gasteiger partial charge in [-0.3, -0.25) is 4.79 Å². The number of hydrogen-bond donors (Lipinski definition) is 1. The molecular formula is C14H19N3O2. The Morgan fingerprint density at radius 3 is 3.05 bits per heavy atom. The first-order valence-corrected chi connectivity index (χ1v) is 7.27. The lowest BCUT2D eigenvalue weighted by molar-refractivity contribution is -0.154. The molecule has 3 heterocycles. The van der Waals surface area contributed by atoms with Crippen molar-refractivity contribution in [2.75, 3.05) is 13.2 Å². The summed E-state index contributed by atoms with van der Waals surface area (Å²) in [5.74, 6) is 0.186. The SMILES string of the molecule is O=C(C1CCCO1)N1CCc2[nH]cnc2C12CCC2. The smallest absolute Gasteiger partial charge is 0.252 e. The van der Waals surface area contributed by atoms with Gasteiger partial charge >= 0.3 is 0 Å². The van der Waals surface area contributed by atoms with Crippen LogP contribution in [-0.2, 0) is 21.5 Å². The van der Waals surface area contributed by atoms with E-state index in [9.17, 15) is 4.79 Å². The van der Waals surface area contributed by atoms with Gasteiger partial charge in [0.05, 0.1) is 17.6 Å². The number of ether oxygens (including phenoxy) is 1. The number of hydrogen-bond acceptors (Lipinski definition) is 3. The third-order valence-electron chi connectivity index (χ3n) is 4.91. The lowest BCUT2D eigenvalue weighted by atomic mass is 9.70. The van der Waals surface area contributed by atoms with Crippen LogP contribution in [0.15, 0.2) is 6.33 Å². The molecule has 0 aromatic carbocycles. The minimum absolute atomic E-state index is 0.128. The molecule has 1 N–H and O–H groups in total. The summed E-state index contributed by atoms with van der Waals surface area (Å²) in [6, 6.07) is 0. The predicted molar refractivity (Wildman–Crippen MR) is 68.5 cm³/mol. The summed E-state index contributed by atoms with van der Waals surface area (Å²) in [5.41, 5.74) is 2.20. The van der Waals surface area contributed by atoms with Gasteiger partial charge in [0.1, 0.15) is 6.10 Å². The lowest BCUT2D eigenvalue weighted by Gasteiger charge is -2.52. The second-order valence-electron chi connectivity index (χ2n) is 5.86. The number of amides is 1. The van der Waals surface area contributed by atoms with Gasteiger partial charge in [0, 0.05) is 25.3 Å². The van der Waals surface area contributed by atoms with Gasteiger partial charge in [0.2, 0.25) is 0 Å². The van der Waals surface area contributed by atoms with E-state index >= 15 is 0 Å². The Labute approximate surface area is 112 Å². The molecule has 0 bridgehead atoms. The van der Waals surface area contributed by atoms with Gasteiger partial charge in [-0.1, -0.05) is 0 Å². The number of imidazole rings is 1. The highest BCUT2D eigenvalue weighted by atomic mass is 16.5. The van der Waals surface area contributed by atoms with Crippen molar-refractivity contribution in [3.63, 3.8) is 0 Å². The van der Waals surface area contributed by atoms with Gasteiger partial charge in [0.15, 0.2) is 0 Å². The van der Waals surface area contributed by atoms with Crippen molar-refractivity contribution in [2.45, 2.75) is 50.2 Å². The highest BCUT2D eigenvalue weighted by Gasteiger charge is 2.52. The zero-order chi connectivity index (χ0) is 12.9. The first-order chi connectivity index (χ1) is 9.31. The fourth-order valence-corrected chi connectivity index (χ4v) is 3.76. The molecule has 3 aliphatic rings. The van der Waals surface area contributed by atoms with Crippen LogP contribution in [-0.4, -0.2) is 40.0 Å². The molecule has 5 heteroatoms. The first kappa shape index (κ1) is 11.5. The number of H-pyrrole nitrogens is 1. The van der Waals surface area contributed by atoms with Crippen LogP contribution < -0.4 is 0 Å². The molecule has 1 atom stereocenters. The van der Waals surface area contributed by atoms with E-state index in [4.69, 9.17) is 4.74 Å². The molecule has 2 aliphatic heterocycles. The minimum Gasteiger partial charge on any atom is -0.368 e. The summed E-state index contributed by atoms with van der Waals surface area (Å²) >= 11 is 0. The topological polar surface area (TPSA) is 58.2 Å². The van der Waals surface area contributed by atoms with E-state index in [0.717, 1.165) is 50.9 Å². The summed E-state index contributed by atoms with van der Waals surface area (Å²) in [4.78, 5) is 22.5. The van der Waals surface area contributed by atoms with Crippen LogP contribution in [0.4, 0.5) is 0 Å². The van der Waals surface area contributed by atoms with Crippen molar-refractivity contribution in [1.82, 2.24) is 14.9 Å². The zero-order valence-corrected chi connectivity index (χ0v) is 11.0. The quantitative estimate of drug-likeness (QED) is 0.830. The largest absolute Gasteiger partial charge is 0.368 e. The van der Waals surface area contributed by atoms with Crippen LogP contribution in [0.1, 0.15) is 43.5 Å². The van der Waals surface area contributed by atoms with E-state index in [1.165, 1.54) is 12.1 Å². The van der Waals surface area contributed by atoms with Gasteiger partial charge < -0.3 is 14.6 Å². The van der Waals surface area contributed by atoms with Gasteiger partial charge in [0.25, 0.3) is 5.91 Å². The molecular weight excluding hydrogens is 242 g/mol. The average molecular weight is 261 g/mol. The molecule has 1 saturated heterocycles. The Morgan fingerprint density at radius 1 is 1.47 bits per heavy atom. The maximum Gasteiger partial charge on any atom is 0.252 e. The van der Waals surface area contributed by atoms with E-state index in [-0.39, 0.29) is 17.6 Å². The fourth-order valence-electron chi connectivity index (χ4n) is 3.76. The number of carbonyl (C=O) groups excluding carboxylic acids is 1. The molecule has 102 valence electrons. The number of fused-ring (bicyclic) bond motifs is 2. The van der Waals surface area contributed by atoms with Gasteiger partial charge in [-0.15, -0.1) is 0 Å². The monoisotopic (exact) mass is 261 g/mol. The number of carbonyl (C=O) groups is 1. The molecule has 1 aliphatic carbocycles. The van der Waals surface area contributed by atoms with Crippen molar-refractivity contribution in [1.29, 1.82) is 0 Å². The summed E-state index contributed by atoms with van der Waals surface area (Å²) in [5, 5.41) is 0. The minimum atomic E-state index is -0.210. The second-order valence-corrected chi connectivity index (χ2v) is 5.86. The van der Waals surface area contributed by atoms with Crippen LogP contribution in [0.25, 0.3) is 0 Å². The third kappa shape index (κ3) is 1.51. The number of nitrogens with one attached hydrogen (secondary N) is 1. The summed E-state index contributed by atoms with van der Waals surface area (Å²) in [6.45, 7) is 1.53. The van der Waals surface area contributed by atoms with Crippen molar-refractivity contribution >= 4 is 5.91 Å². The van der Waals surface area contributed by atoms with Crippen molar-refractivity contribution in [3.05, 3.63) is 17.7 Å². The standard InChI is InChI=1S/C14H19N3O2/c18-13(11-3-1-8-19-11)17-7-4-10-12(16-9-15-10)14(17)5-2-6-14/h9,11H,1-8H2,(H,15,16). The van der Waals surface area contributed by atoms with Crippen LogP contribution in [0.3, 0.4) is 0 Å². The summed E-state index contributed by atoms with van der Waals surface area (Å²) < 4.78 is 5.58. The molecule has 1 amide bonds. The molecule has 19 heavy (non-hydrogen) atoms. The third-order valence-corrected chi connectivity index (χ3v) is 4.91. The Morgan fingerprint density at radius 2 is 2.37 bits per heavy atom. The van der Waals surface area contributed by atoms with E-state index in [1.54, 1.807) is 6.33 Å². The number of aromatic nitrogens is 2. The molecule has 1 unspecified atom stereocenters. The van der Waals surface area contributed by atoms with Crippen molar-refractivity contribution in [2.24, 2.45) is 0 Å². The predicted octanol–water partition coefficient (Wildman–Crippen LogP) is 1.35. The summed E-state index contributed by atoms with van der Waals surface area (Å²) in [7, 11) is 0. The molecule has 5 nitrogen and oxygen atoms in total. The van der Waals surface area contributed by atoms with Crippen molar-refractivity contribution < 1.29 is 9.53 Å². The lowest BCUT2D eigenvalue weighted by Crippen LogP contribution is -2.59. The van der Waals surface area contributed by atoms with E-state index in [2.05, 4.69) is 14.9 Å². The number of aromatic amines is 1. The molecule has 4 rings (SSSR count). The molecule has 0 radical (unpaired) electrons. The van der Waals surface area contributed by atoms with Crippen LogP contribution in [0, 0.1) is 0 Å². The Bertz CT molecular complexity index is 501. The normalized spacial score (nSPS) is 28.2. The number of nitrogens with zero attached hydrogens (tertiary/aromatic N) is 2. The van der Waals surface area contributed by atoms with Gasteiger partial charge in [-0.05, 0) is 32.1 Å². The van der Waals surface area contributed by atoms with E-state index in [1.807, 2.05) is 0 Å². The fraction of sp³-hybridized carbons (Fsp3) is 0.714. The first-order valence-electron chi connectivity index (χ1n) is 7.27. The Hall–Kier alpha value is -1.36. The van der Waals surface area contributed by atoms with Crippen LogP contribution in [0.2, 0.25) is 0 Å². The van der Waals surface area contributed by atoms with Crippen LogP contribution >= 0.6 is 0 Å². The van der Waals surface area contributed by atoms with Crippen molar-refractivity contribution in [3.8, 4) is 0 Å². The molecule has 2 fully saturated rings. The maximum atomic E-state index is 12.7. The highest BCUT2D eigenvalue weighted by molar-refractivity contribution is 5.82. The molecule has 1 aromatic heterocycles. The van der Waals surface area contributed by atoms with Gasteiger partial charge in [-0.25, -0.2) is 4.98 Å². The average Bonchev–Trinajstić information content (AvgIpc) is 3.04. The Kier molecular flexibility index (Phi) is 2.45. The molecule has 1 saturated carbocycles. The number of rotatable bonds is 1.